The van der Waals surface area contributed by atoms with Gasteiger partial charge in [0.15, 0.2) is 0 Å². The highest BCUT2D eigenvalue weighted by molar-refractivity contribution is 7.87. The Bertz CT molecular complexity index is 560. The lowest BCUT2D eigenvalue weighted by Crippen LogP contribution is -2.42. The molecule has 21 heavy (non-hydrogen) atoms. The van der Waals surface area contributed by atoms with E-state index in [2.05, 4.69) is 22.2 Å². The zero-order valence-corrected chi connectivity index (χ0v) is 13.6. The number of nitrogens with one attached hydrogen (secondary N) is 2. The number of benzene rings is 1. The minimum absolute atomic E-state index is 0.311. The van der Waals surface area contributed by atoms with Crippen LogP contribution in [-0.4, -0.2) is 45.9 Å². The normalized spacial score (nSPS) is 17.6. The van der Waals surface area contributed by atoms with E-state index in [1.54, 1.807) is 7.05 Å². The molecule has 0 fully saturated rings. The molecule has 0 heterocycles. The Morgan fingerprint density at radius 3 is 2.81 bits per heavy atom. The molecule has 0 aromatic heterocycles. The Morgan fingerprint density at radius 2 is 2.10 bits per heavy atom. The monoisotopic (exact) mass is 311 g/mol. The minimum Gasteiger partial charge on any atom is -0.317 e. The van der Waals surface area contributed by atoms with Gasteiger partial charge < -0.3 is 5.32 Å². The number of hydrogen-bond donors (Lipinski definition) is 2. The second-order valence-electron chi connectivity index (χ2n) is 5.48. The molecule has 1 atom stereocenters. The third kappa shape index (κ3) is 4.26. The Balaban J connectivity index is 1.77. The molecular weight excluding hydrogens is 286 g/mol. The van der Waals surface area contributed by atoms with E-state index in [4.69, 9.17) is 0 Å². The van der Waals surface area contributed by atoms with Crippen LogP contribution < -0.4 is 10.0 Å². The van der Waals surface area contributed by atoms with Crippen LogP contribution in [0.25, 0.3) is 0 Å². The number of nitrogens with zero attached hydrogens (tertiary/aromatic N) is 1. The van der Waals surface area contributed by atoms with Crippen LogP contribution in [0.3, 0.4) is 0 Å². The van der Waals surface area contributed by atoms with Crippen LogP contribution in [0.2, 0.25) is 0 Å². The first-order chi connectivity index (χ1) is 10.0. The summed E-state index contributed by atoms with van der Waals surface area (Å²) in [6.45, 7) is 4.81. The molecule has 0 saturated carbocycles. The molecule has 2 rings (SSSR count). The molecule has 2 N–H and O–H groups in total. The predicted molar refractivity (Wildman–Crippen MR) is 85.6 cm³/mol. The maximum absolute atomic E-state index is 12.1. The molecule has 1 aliphatic rings. The van der Waals surface area contributed by atoms with Crippen LogP contribution in [-0.2, 0) is 16.6 Å². The third-order valence-electron chi connectivity index (χ3n) is 3.96. The first-order valence-corrected chi connectivity index (χ1v) is 8.98. The largest absolute Gasteiger partial charge is 0.317 e. The van der Waals surface area contributed by atoms with Crippen LogP contribution >= 0.6 is 0 Å². The number of fused-ring (bicyclic) bond motifs is 1. The highest BCUT2D eigenvalue weighted by Crippen LogP contribution is 2.34. The first-order valence-electron chi connectivity index (χ1n) is 7.54. The Kier molecular flexibility index (Phi) is 5.75. The van der Waals surface area contributed by atoms with Gasteiger partial charge in [0.05, 0.1) is 0 Å². The van der Waals surface area contributed by atoms with Gasteiger partial charge in [0.2, 0.25) is 0 Å². The van der Waals surface area contributed by atoms with Crippen molar-refractivity contribution in [1.29, 1.82) is 0 Å². The van der Waals surface area contributed by atoms with Crippen molar-refractivity contribution in [3.05, 3.63) is 35.4 Å². The van der Waals surface area contributed by atoms with Crippen LogP contribution in [0.5, 0.6) is 0 Å². The topological polar surface area (TPSA) is 61.4 Å². The standard InChI is InChI=1S/C15H25N3O2S/c1-3-16-9-6-10-18(2)21(19,20)17-12-14-11-13-7-4-5-8-15(13)14/h4-5,7-8,14,16-17H,3,6,9-12H2,1-2H3. The summed E-state index contributed by atoms with van der Waals surface area (Å²) < 4.78 is 28.4. The lowest BCUT2D eigenvalue weighted by atomic mass is 9.78. The Labute approximate surface area is 127 Å². The van der Waals surface area contributed by atoms with Gasteiger partial charge in [-0.2, -0.15) is 12.7 Å². The van der Waals surface area contributed by atoms with E-state index in [-0.39, 0.29) is 0 Å². The highest BCUT2D eigenvalue weighted by atomic mass is 32.2. The molecule has 118 valence electrons. The van der Waals surface area contributed by atoms with E-state index in [9.17, 15) is 8.42 Å². The summed E-state index contributed by atoms with van der Waals surface area (Å²) >= 11 is 0. The molecule has 0 aliphatic heterocycles. The van der Waals surface area contributed by atoms with E-state index in [0.29, 0.717) is 19.0 Å². The molecule has 1 unspecified atom stereocenters. The summed E-state index contributed by atoms with van der Waals surface area (Å²) in [6.07, 6.45) is 1.78. The fourth-order valence-electron chi connectivity index (χ4n) is 2.58. The quantitative estimate of drug-likeness (QED) is 0.671. The summed E-state index contributed by atoms with van der Waals surface area (Å²) in [5, 5.41) is 3.19. The van der Waals surface area contributed by atoms with E-state index >= 15 is 0 Å². The number of rotatable bonds is 9. The van der Waals surface area contributed by atoms with Crippen molar-refractivity contribution in [2.45, 2.75) is 25.7 Å². The van der Waals surface area contributed by atoms with Crippen LogP contribution in [0.4, 0.5) is 0 Å². The fourth-order valence-corrected chi connectivity index (χ4v) is 3.59. The zero-order valence-electron chi connectivity index (χ0n) is 12.8. The van der Waals surface area contributed by atoms with E-state index in [1.165, 1.54) is 15.4 Å². The molecule has 0 amide bonds. The zero-order chi connectivity index (χ0) is 15.3. The smallest absolute Gasteiger partial charge is 0.279 e. The maximum atomic E-state index is 12.1. The summed E-state index contributed by atoms with van der Waals surface area (Å²) in [4.78, 5) is 0. The molecule has 1 aromatic rings. The Morgan fingerprint density at radius 1 is 1.33 bits per heavy atom. The van der Waals surface area contributed by atoms with Gasteiger partial charge in [-0.15, -0.1) is 0 Å². The lowest BCUT2D eigenvalue weighted by Gasteiger charge is -2.30. The van der Waals surface area contributed by atoms with Crippen molar-refractivity contribution in [3.8, 4) is 0 Å². The summed E-state index contributed by atoms with van der Waals surface area (Å²) in [5.41, 5.74) is 2.61. The van der Waals surface area contributed by atoms with Crippen molar-refractivity contribution in [1.82, 2.24) is 14.3 Å². The Hall–Kier alpha value is -0.950. The van der Waals surface area contributed by atoms with Crippen LogP contribution in [0.1, 0.15) is 30.4 Å². The van der Waals surface area contributed by atoms with Gasteiger partial charge in [-0.25, -0.2) is 4.72 Å². The van der Waals surface area contributed by atoms with Gasteiger partial charge in [-0.1, -0.05) is 31.2 Å². The van der Waals surface area contributed by atoms with Gasteiger partial charge in [-0.3, -0.25) is 0 Å². The number of hydrogen-bond acceptors (Lipinski definition) is 3. The third-order valence-corrected chi connectivity index (χ3v) is 5.49. The van der Waals surface area contributed by atoms with Gasteiger partial charge in [0.25, 0.3) is 10.2 Å². The molecule has 5 nitrogen and oxygen atoms in total. The van der Waals surface area contributed by atoms with E-state index in [0.717, 1.165) is 25.9 Å². The molecule has 1 aliphatic carbocycles. The van der Waals surface area contributed by atoms with Crippen LogP contribution in [0, 0.1) is 0 Å². The molecule has 0 spiro atoms. The molecule has 6 heteroatoms. The SMILES string of the molecule is CCNCCCN(C)S(=O)(=O)NCC1Cc2ccccc21. The summed E-state index contributed by atoms with van der Waals surface area (Å²) in [7, 11) is -1.74. The van der Waals surface area contributed by atoms with Gasteiger partial charge >= 0.3 is 0 Å². The van der Waals surface area contributed by atoms with Crippen molar-refractivity contribution < 1.29 is 8.42 Å². The van der Waals surface area contributed by atoms with Crippen LogP contribution in [0.15, 0.2) is 24.3 Å². The molecule has 1 aromatic carbocycles. The summed E-state index contributed by atoms with van der Waals surface area (Å²) in [5.74, 6) is 0.311. The highest BCUT2D eigenvalue weighted by Gasteiger charge is 2.27. The fraction of sp³-hybridized carbons (Fsp3) is 0.600. The minimum atomic E-state index is -3.37. The van der Waals surface area contributed by atoms with Gasteiger partial charge in [-0.05, 0) is 37.1 Å². The van der Waals surface area contributed by atoms with E-state index in [1.807, 2.05) is 19.1 Å². The van der Waals surface area contributed by atoms with Crippen molar-refractivity contribution in [2.24, 2.45) is 0 Å². The van der Waals surface area contributed by atoms with Gasteiger partial charge in [0, 0.05) is 26.1 Å². The van der Waals surface area contributed by atoms with Crippen molar-refractivity contribution in [2.75, 3.05) is 33.2 Å². The average molecular weight is 311 g/mol. The average Bonchev–Trinajstić information content (AvgIpc) is 2.44. The lowest BCUT2D eigenvalue weighted by molar-refractivity contribution is 0.440. The van der Waals surface area contributed by atoms with Crippen molar-refractivity contribution >= 4 is 10.2 Å². The predicted octanol–water partition coefficient (Wildman–Crippen LogP) is 1.09. The van der Waals surface area contributed by atoms with E-state index < -0.39 is 10.2 Å². The first kappa shape index (κ1) is 16.4. The van der Waals surface area contributed by atoms with Crippen molar-refractivity contribution in [3.63, 3.8) is 0 Å². The van der Waals surface area contributed by atoms with Gasteiger partial charge in [0.1, 0.15) is 0 Å². The molecule has 0 saturated heterocycles. The summed E-state index contributed by atoms with van der Waals surface area (Å²) in [6, 6.07) is 8.22. The molecule has 0 radical (unpaired) electrons. The molecule has 0 bridgehead atoms. The maximum Gasteiger partial charge on any atom is 0.279 e. The molecular formula is C15H25N3O2S. The second-order valence-corrected chi connectivity index (χ2v) is 7.34. The second kappa shape index (κ2) is 7.35.